The maximum atomic E-state index is 6.07. The van der Waals surface area contributed by atoms with E-state index in [0.29, 0.717) is 16.1 Å². The fourth-order valence-corrected chi connectivity index (χ4v) is 1.90. The van der Waals surface area contributed by atoms with E-state index < -0.39 is 0 Å². The zero-order valence-electron chi connectivity index (χ0n) is 9.26. The van der Waals surface area contributed by atoms with Crippen LogP contribution in [-0.4, -0.2) is 6.04 Å². The van der Waals surface area contributed by atoms with Crippen LogP contribution in [0.2, 0.25) is 10.0 Å². The molecule has 3 heteroatoms. The summed E-state index contributed by atoms with van der Waals surface area (Å²) < 4.78 is 0. The second-order valence-electron chi connectivity index (χ2n) is 3.63. The largest absolute Gasteiger partial charge is 0.309 e. The molecular weight excluding hydrogens is 241 g/mol. The van der Waals surface area contributed by atoms with Crippen LogP contribution in [0, 0.1) is 12.3 Å². The number of hydrogen-bond donors (Lipinski definition) is 1. The van der Waals surface area contributed by atoms with Gasteiger partial charge in [-0.1, -0.05) is 36.2 Å². The summed E-state index contributed by atoms with van der Waals surface area (Å²) in [4.78, 5) is 0. The van der Waals surface area contributed by atoms with Crippen LogP contribution in [-0.2, 0) is 6.54 Å². The van der Waals surface area contributed by atoms with E-state index in [1.807, 2.05) is 12.1 Å². The van der Waals surface area contributed by atoms with Gasteiger partial charge in [0.25, 0.3) is 0 Å². The Bertz CT molecular complexity index is 382. The van der Waals surface area contributed by atoms with Crippen molar-refractivity contribution in [2.75, 3.05) is 0 Å². The average molecular weight is 256 g/mol. The number of nitrogens with one attached hydrogen (secondary N) is 1. The van der Waals surface area contributed by atoms with Gasteiger partial charge in [-0.3, -0.25) is 0 Å². The number of terminal acetylenes is 1. The summed E-state index contributed by atoms with van der Waals surface area (Å²) in [5.41, 5.74) is 1.04. The van der Waals surface area contributed by atoms with Crippen LogP contribution < -0.4 is 5.32 Å². The molecular formula is C13H15Cl2N. The maximum absolute atomic E-state index is 6.07. The minimum atomic E-state index is 0.344. The zero-order valence-corrected chi connectivity index (χ0v) is 10.8. The Morgan fingerprint density at radius 1 is 1.44 bits per heavy atom. The van der Waals surface area contributed by atoms with Crippen molar-refractivity contribution in [3.8, 4) is 12.3 Å². The Kier molecular flexibility index (Phi) is 5.69. The van der Waals surface area contributed by atoms with E-state index in [1.165, 1.54) is 0 Å². The Labute approximate surface area is 107 Å². The third-order valence-corrected chi connectivity index (χ3v) is 3.04. The number of hydrogen-bond acceptors (Lipinski definition) is 1. The first kappa shape index (κ1) is 13.4. The van der Waals surface area contributed by atoms with E-state index in [2.05, 4.69) is 18.2 Å². The van der Waals surface area contributed by atoms with E-state index in [1.54, 1.807) is 6.07 Å². The molecule has 0 aliphatic rings. The Hall–Kier alpha value is -0.680. The molecule has 1 unspecified atom stereocenters. The van der Waals surface area contributed by atoms with Crippen molar-refractivity contribution in [1.29, 1.82) is 0 Å². The summed E-state index contributed by atoms with van der Waals surface area (Å²) in [6, 6.07) is 5.87. The molecule has 0 radical (unpaired) electrons. The molecule has 0 heterocycles. The van der Waals surface area contributed by atoms with Crippen molar-refractivity contribution in [2.45, 2.75) is 32.4 Å². The van der Waals surface area contributed by atoms with Crippen LogP contribution in [0.1, 0.15) is 25.3 Å². The molecule has 0 aliphatic carbocycles. The third-order valence-electron chi connectivity index (χ3n) is 2.45. The van der Waals surface area contributed by atoms with Gasteiger partial charge >= 0.3 is 0 Å². The number of halogens is 2. The predicted octanol–water partition coefficient (Wildman–Crippen LogP) is 3.88. The average Bonchev–Trinajstić information content (AvgIpc) is 2.26. The number of benzene rings is 1. The van der Waals surface area contributed by atoms with Crippen LogP contribution in [0.25, 0.3) is 0 Å². The van der Waals surface area contributed by atoms with E-state index >= 15 is 0 Å². The van der Waals surface area contributed by atoms with Gasteiger partial charge < -0.3 is 5.32 Å². The molecule has 0 saturated carbocycles. The van der Waals surface area contributed by atoms with Crippen molar-refractivity contribution in [3.05, 3.63) is 33.8 Å². The molecule has 0 spiro atoms. The highest BCUT2D eigenvalue weighted by molar-refractivity contribution is 6.35. The molecule has 0 fully saturated rings. The molecule has 0 aromatic heterocycles. The van der Waals surface area contributed by atoms with Crippen molar-refractivity contribution in [3.63, 3.8) is 0 Å². The van der Waals surface area contributed by atoms with E-state index in [0.717, 1.165) is 24.9 Å². The van der Waals surface area contributed by atoms with Gasteiger partial charge in [-0.15, -0.1) is 12.3 Å². The van der Waals surface area contributed by atoms with Crippen LogP contribution in [0.4, 0.5) is 0 Å². The van der Waals surface area contributed by atoms with Crippen LogP contribution in [0.5, 0.6) is 0 Å². The minimum Gasteiger partial charge on any atom is -0.309 e. The summed E-state index contributed by atoms with van der Waals surface area (Å²) in [6.07, 6.45) is 7.04. The van der Waals surface area contributed by atoms with Crippen LogP contribution in [0.3, 0.4) is 0 Å². The Balaban J connectivity index is 2.57. The van der Waals surface area contributed by atoms with Gasteiger partial charge in [-0.25, -0.2) is 0 Å². The third kappa shape index (κ3) is 4.06. The lowest BCUT2D eigenvalue weighted by Gasteiger charge is -2.14. The van der Waals surface area contributed by atoms with Gasteiger partial charge in [0.15, 0.2) is 0 Å². The maximum Gasteiger partial charge on any atom is 0.0465 e. The Morgan fingerprint density at radius 2 is 2.19 bits per heavy atom. The van der Waals surface area contributed by atoms with Crippen LogP contribution >= 0.6 is 23.2 Å². The highest BCUT2D eigenvalue weighted by Crippen LogP contribution is 2.20. The highest BCUT2D eigenvalue weighted by Gasteiger charge is 2.06. The van der Waals surface area contributed by atoms with Gasteiger partial charge in [0.2, 0.25) is 0 Å². The molecule has 86 valence electrons. The van der Waals surface area contributed by atoms with E-state index in [4.69, 9.17) is 29.6 Å². The van der Waals surface area contributed by atoms with Gasteiger partial charge in [0.1, 0.15) is 0 Å². The SMILES string of the molecule is C#CCC(CC)NCc1ccc(Cl)cc1Cl. The van der Waals surface area contributed by atoms with Crippen molar-refractivity contribution in [2.24, 2.45) is 0 Å². The summed E-state index contributed by atoms with van der Waals surface area (Å²) in [5.74, 6) is 2.66. The molecule has 1 aromatic carbocycles. The molecule has 1 atom stereocenters. The van der Waals surface area contributed by atoms with Crippen LogP contribution in [0.15, 0.2) is 18.2 Å². The normalized spacial score (nSPS) is 12.1. The summed E-state index contributed by atoms with van der Waals surface area (Å²) in [5, 5.41) is 4.72. The van der Waals surface area contributed by atoms with Crippen molar-refractivity contribution in [1.82, 2.24) is 5.32 Å². The summed E-state index contributed by atoms with van der Waals surface area (Å²) in [7, 11) is 0. The molecule has 1 N–H and O–H groups in total. The van der Waals surface area contributed by atoms with Gasteiger partial charge in [-0.05, 0) is 24.1 Å². The molecule has 0 aliphatic heterocycles. The Morgan fingerprint density at radius 3 is 2.75 bits per heavy atom. The zero-order chi connectivity index (χ0) is 12.0. The molecule has 0 amide bonds. The molecule has 16 heavy (non-hydrogen) atoms. The first-order valence-electron chi connectivity index (χ1n) is 5.28. The lowest BCUT2D eigenvalue weighted by Crippen LogP contribution is -2.27. The highest BCUT2D eigenvalue weighted by atomic mass is 35.5. The predicted molar refractivity (Wildman–Crippen MR) is 70.8 cm³/mol. The molecule has 0 bridgehead atoms. The van der Waals surface area contributed by atoms with Crippen molar-refractivity contribution < 1.29 is 0 Å². The van der Waals surface area contributed by atoms with Gasteiger partial charge in [0, 0.05) is 29.1 Å². The first-order valence-corrected chi connectivity index (χ1v) is 6.03. The number of rotatable bonds is 5. The van der Waals surface area contributed by atoms with E-state index in [-0.39, 0.29) is 0 Å². The van der Waals surface area contributed by atoms with Gasteiger partial charge in [0.05, 0.1) is 0 Å². The fourth-order valence-electron chi connectivity index (χ4n) is 1.42. The fraction of sp³-hybridized carbons (Fsp3) is 0.385. The smallest absolute Gasteiger partial charge is 0.0465 e. The second-order valence-corrected chi connectivity index (χ2v) is 4.47. The van der Waals surface area contributed by atoms with E-state index in [9.17, 15) is 0 Å². The second kappa shape index (κ2) is 6.81. The topological polar surface area (TPSA) is 12.0 Å². The van der Waals surface area contributed by atoms with Gasteiger partial charge in [-0.2, -0.15) is 0 Å². The first-order chi connectivity index (χ1) is 7.67. The quantitative estimate of drug-likeness (QED) is 0.788. The minimum absolute atomic E-state index is 0.344. The molecule has 1 aromatic rings. The lowest BCUT2D eigenvalue weighted by atomic mass is 10.1. The molecule has 1 rings (SSSR count). The molecule has 1 nitrogen and oxygen atoms in total. The monoisotopic (exact) mass is 255 g/mol. The summed E-state index contributed by atoms with van der Waals surface area (Å²) >= 11 is 11.9. The van der Waals surface area contributed by atoms with Crippen molar-refractivity contribution >= 4 is 23.2 Å². The standard InChI is InChI=1S/C13H15Cl2N/c1-3-5-12(4-2)16-9-10-6-7-11(14)8-13(10)15/h1,6-8,12,16H,4-5,9H2,2H3. The molecule has 0 saturated heterocycles. The summed E-state index contributed by atoms with van der Waals surface area (Å²) in [6.45, 7) is 2.83. The lowest BCUT2D eigenvalue weighted by molar-refractivity contribution is 0.507.